The van der Waals surface area contributed by atoms with Crippen molar-refractivity contribution in [3.63, 3.8) is 0 Å². The van der Waals surface area contributed by atoms with Gasteiger partial charge in [0.05, 0.1) is 13.2 Å². The number of carbonyl (C=O) groups is 1. The molecule has 0 spiro atoms. The number of anilines is 1. The van der Waals surface area contributed by atoms with E-state index in [-0.39, 0.29) is 5.91 Å². The second-order valence-corrected chi connectivity index (χ2v) is 7.30. The molecule has 3 aromatic carbocycles. The second-order valence-electron chi connectivity index (χ2n) is 7.30. The molecule has 4 rings (SSSR count). The van der Waals surface area contributed by atoms with Gasteiger partial charge in [-0.25, -0.2) is 0 Å². The Morgan fingerprint density at radius 1 is 0.939 bits per heavy atom. The average molecular weight is 444 g/mol. The average Bonchev–Trinajstić information content (AvgIpc) is 3.31. The molecule has 0 fully saturated rings. The molecular formula is C26H25N3O4. The van der Waals surface area contributed by atoms with Gasteiger partial charge in [-0.05, 0) is 68.8 Å². The van der Waals surface area contributed by atoms with Gasteiger partial charge in [0.25, 0.3) is 11.8 Å². The third kappa shape index (κ3) is 5.03. The zero-order chi connectivity index (χ0) is 23.2. The number of carbonyl (C=O) groups excluding carboxylic acids is 1. The highest BCUT2D eigenvalue weighted by Gasteiger charge is 2.16. The van der Waals surface area contributed by atoms with Gasteiger partial charge >= 0.3 is 0 Å². The minimum absolute atomic E-state index is 0.178. The van der Waals surface area contributed by atoms with Crippen LogP contribution in [0.2, 0.25) is 0 Å². The number of aryl methyl sites for hydroxylation is 1. The van der Waals surface area contributed by atoms with E-state index in [2.05, 4.69) is 15.5 Å². The highest BCUT2D eigenvalue weighted by molar-refractivity contribution is 6.04. The van der Waals surface area contributed by atoms with Crippen LogP contribution in [0.15, 0.2) is 71.3 Å². The van der Waals surface area contributed by atoms with Crippen LogP contribution in [0.5, 0.6) is 11.5 Å². The molecule has 1 amide bonds. The van der Waals surface area contributed by atoms with Gasteiger partial charge in [-0.1, -0.05) is 29.4 Å². The molecule has 0 unspecified atom stereocenters. The number of hydrogen-bond donors (Lipinski definition) is 1. The number of amides is 1. The third-order valence-electron chi connectivity index (χ3n) is 4.98. The lowest BCUT2D eigenvalue weighted by molar-refractivity contribution is 0.102. The fourth-order valence-corrected chi connectivity index (χ4v) is 3.41. The first kappa shape index (κ1) is 22.1. The topological polar surface area (TPSA) is 86.5 Å². The Labute approximate surface area is 192 Å². The predicted octanol–water partition coefficient (Wildman–Crippen LogP) is 5.76. The fraction of sp³-hybridized carbons (Fsp3) is 0.192. The van der Waals surface area contributed by atoms with Crippen LogP contribution < -0.4 is 14.8 Å². The van der Waals surface area contributed by atoms with Gasteiger partial charge < -0.3 is 19.3 Å². The zero-order valence-electron chi connectivity index (χ0n) is 18.8. The van der Waals surface area contributed by atoms with Crippen molar-refractivity contribution in [1.82, 2.24) is 10.1 Å². The van der Waals surface area contributed by atoms with Crippen molar-refractivity contribution in [3.8, 4) is 34.3 Å². The van der Waals surface area contributed by atoms with Crippen LogP contribution in [0, 0.1) is 6.92 Å². The van der Waals surface area contributed by atoms with Crippen molar-refractivity contribution in [3.05, 3.63) is 77.9 Å². The lowest BCUT2D eigenvalue weighted by Gasteiger charge is -2.11. The van der Waals surface area contributed by atoms with Gasteiger partial charge in [-0.15, -0.1) is 0 Å². The third-order valence-corrected chi connectivity index (χ3v) is 4.98. The number of aromatic nitrogens is 2. The number of para-hydroxylation sites is 1. The summed E-state index contributed by atoms with van der Waals surface area (Å²) in [6.07, 6.45) is 0. The molecule has 0 saturated heterocycles. The fourth-order valence-electron chi connectivity index (χ4n) is 3.41. The molecule has 168 valence electrons. The van der Waals surface area contributed by atoms with Gasteiger partial charge in [0.15, 0.2) is 11.5 Å². The summed E-state index contributed by atoms with van der Waals surface area (Å²) < 4.78 is 16.8. The predicted molar refractivity (Wildman–Crippen MR) is 127 cm³/mol. The Balaban J connectivity index is 1.56. The van der Waals surface area contributed by atoms with Crippen LogP contribution in [0.4, 0.5) is 5.69 Å². The van der Waals surface area contributed by atoms with Crippen molar-refractivity contribution < 1.29 is 18.8 Å². The summed E-state index contributed by atoms with van der Waals surface area (Å²) in [6, 6.07) is 20.2. The first-order valence-corrected chi connectivity index (χ1v) is 10.8. The van der Waals surface area contributed by atoms with E-state index in [4.69, 9.17) is 14.0 Å². The molecule has 0 bridgehead atoms. The van der Waals surface area contributed by atoms with Crippen molar-refractivity contribution >= 4 is 11.6 Å². The van der Waals surface area contributed by atoms with E-state index in [0.29, 0.717) is 42.0 Å². The Morgan fingerprint density at radius 3 is 2.42 bits per heavy atom. The van der Waals surface area contributed by atoms with E-state index >= 15 is 0 Å². The molecule has 0 saturated carbocycles. The number of hydrogen-bond acceptors (Lipinski definition) is 6. The maximum Gasteiger partial charge on any atom is 0.258 e. The van der Waals surface area contributed by atoms with Gasteiger partial charge in [-0.2, -0.15) is 4.98 Å². The van der Waals surface area contributed by atoms with Crippen LogP contribution in [-0.2, 0) is 0 Å². The molecule has 1 aromatic heterocycles. The normalized spacial score (nSPS) is 10.6. The highest BCUT2D eigenvalue weighted by Crippen LogP contribution is 2.33. The molecule has 7 nitrogen and oxygen atoms in total. The molecular weight excluding hydrogens is 418 g/mol. The molecule has 0 atom stereocenters. The van der Waals surface area contributed by atoms with Crippen LogP contribution in [0.25, 0.3) is 22.8 Å². The van der Waals surface area contributed by atoms with E-state index in [1.165, 1.54) is 0 Å². The first-order chi connectivity index (χ1) is 16.1. The number of benzene rings is 3. The summed E-state index contributed by atoms with van der Waals surface area (Å²) >= 11 is 0. The van der Waals surface area contributed by atoms with E-state index in [1.54, 1.807) is 6.07 Å². The summed E-state index contributed by atoms with van der Waals surface area (Å²) in [5, 5.41) is 7.03. The van der Waals surface area contributed by atoms with Crippen LogP contribution >= 0.6 is 0 Å². The largest absolute Gasteiger partial charge is 0.490 e. The number of nitrogens with zero attached hydrogens (tertiary/aromatic N) is 2. The summed E-state index contributed by atoms with van der Waals surface area (Å²) in [5.41, 5.74) is 3.68. The minimum atomic E-state index is -0.178. The van der Waals surface area contributed by atoms with Gasteiger partial charge in [0, 0.05) is 22.4 Å². The molecule has 1 heterocycles. The lowest BCUT2D eigenvalue weighted by Crippen LogP contribution is -2.12. The van der Waals surface area contributed by atoms with Crippen molar-refractivity contribution in [1.29, 1.82) is 0 Å². The number of nitrogens with one attached hydrogen (secondary N) is 1. The summed E-state index contributed by atoms with van der Waals surface area (Å²) in [7, 11) is 0. The number of ether oxygens (including phenoxy) is 2. The Morgan fingerprint density at radius 2 is 1.70 bits per heavy atom. The highest BCUT2D eigenvalue weighted by atomic mass is 16.5. The lowest BCUT2D eigenvalue weighted by atomic mass is 10.0. The van der Waals surface area contributed by atoms with E-state index in [1.807, 2.05) is 81.4 Å². The first-order valence-electron chi connectivity index (χ1n) is 10.8. The molecule has 0 aliphatic rings. The standard InChI is InChI=1S/C26H25N3O4/c1-4-31-22-14-12-19(16-23(22)32-5-2)26-28-24(29-33-26)21-13-11-18(15-17(21)3)25(30)27-20-9-7-6-8-10-20/h6-16H,4-5H2,1-3H3,(H,27,30). The second kappa shape index (κ2) is 9.99. The molecule has 0 radical (unpaired) electrons. The van der Waals surface area contributed by atoms with E-state index in [0.717, 1.165) is 22.4 Å². The number of rotatable bonds is 8. The van der Waals surface area contributed by atoms with Gasteiger partial charge in [0.2, 0.25) is 5.82 Å². The smallest absolute Gasteiger partial charge is 0.258 e. The summed E-state index contributed by atoms with van der Waals surface area (Å²) in [5.74, 6) is 1.94. The molecule has 1 N–H and O–H groups in total. The molecule has 4 aromatic rings. The molecule has 33 heavy (non-hydrogen) atoms. The van der Waals surface area contributed by atoms with Crippen molar-refractivity contribution in [2.75, 3.05) is 18.5 Å². The zero-order valence-corrected chi connectivity index (χ0v) is 18.8. The van der Waals surface area contributed by atoms with Crippen LogP contribution in [0.3, 0.4) is 0 Å². The Hall–Kier alpha value is -4.13. The maximum absolute atomic E-state index is 12.6. The van der Waals surface area contributed by atoms with Crippen LogP contribution in [-0.4, -0.2) is 29.3 Å². The van der Waals surface area contributed by atoms with E-state index < -0.39 is 0 Å². The molecule has 0 aliphatic carbocycles. The molecule has 0 aliphatic heterocycles. The minimum Gasteiger partial charge on any atom is -0.490 e. The van der Waals surface area contributed by atoms with Crippen molar-refractivity contribution in [2.45, 2.75) is 20.8 Å². The van der Waals surface area contributed by atoms with Crippen LogP contribution in [0.1, 0.15) is 29.8 Å². The van der Waals surface area contributed by atoms with Gasteiger partial charge in [-0.3, -0.25) is 4.79 Å². The van der Waals surface area contributed by atoms with Crippen molar-refractivity contribution in [2.24, 2.45) is 0 Å². The Bertz CT molecular complexity index is 1250. The molecule has 7 heteroatoms. The quantitative estimate of drug-likeness (QED) is 0.372. The summed E-state index contributed by atoms with van der Waals surface area (Å²) in [4.78, 5) is 17.1. The van der Waals surface area contributed by atoms with Gasteiger partial charge in [0.1, 0.15) is 0 Å². The summed E-state index contributed by atoms with van der Waals surface area (Å²) in [6.45, 7) is 6.81. The van der Waals surface area contributed by atoms with E-state index in [9.17, 15) is 4.79 Å². The Kier molecular flexibility index (Phi) is 6.69. The SMILES string of the molecule is CCOc1ccc(-c2nc(-c3ccc(C(=O)Nc4ccccc4)cc3C)no2)cc1OCC. The maximum atomic E-state index is 12.6. The monoisotopic (exact) mass is 443 g/mol.